The zero-order chi connectivity index (χ0) is 25.2. The molecule has 0 radical (unpaired) electrons. The normalized spacial score (nSPS) is 17.9. The molecule has 7 nitrogen and oxygen atoms in total. The second-order valence-corrected chi connectivity index (χ2v) is 9.98. The summed E-state index contributed by atoms with van der Waals surface area (Å²) in [5, 5.41) is 11.2. The molecule has 0 atom stereocenters. The predicted octanol–water partition coefficient (Wildman–Crippen LogP) is 4.34. The number of hydrogen-bond acceptors (Lipinski definition) is 4. The molecule has 1 N–H and O–H groups in total. The summed E-state index contributed by atoms with van der Waals surface area (Å²) < 4.78 is 16.9. The molecule has 1 aromatic heterocycles. The number of nitrogens with zero attached hydrogens (tertiary/aromatic N) is 4. The topological polar surface area (TPSA) is 80.1 Å². The molecule has 188 valence electrons. The lowest BCUT2D eigenvalue weighted by molar-refractivity contribution is -0.136. The van der Waals surface area contributed by atoms with Gasteiger partial charge < -0.3 is 14.8 Å². The molecular weight excluding hydrogens is 457 g/mol. The largest absolute Gasteiger partial charge is 0.338 e. The summed E-state index contributed by atoms with van der Waals surface area (Å²) in [5.74, 6) is 1.03. The first-order chi connectivity index (χ1) is 17.4. The number of allylic oxidation sites excluding steroid dienone is 4. The summed E-state index contributed by atoms with van der Waals surface area (Å²) in [6, 6.07) is 3.02. The number of nitrogens with one attached hydrogen (secondary N) is 1. The Hall–Kier alpha value is -3.55. The van der Waals surface area contributed by atoms with E-state index >= 15 is 0 Å². The van der Waals surface area contributed by atoms with Crippen LogP contribution in [0.5, 0.6) is 0 Å². The number of hydrogen-bond donors (Lipinski definition) is 1. The standard InChI is InChI=1S/C28H32FN5O2/c1-18(26-32-31-25-11-6-13-34(25)26)7-5-8-19(2)30-27(35)23-15-22-17-33(14-12-21(22)16-24(23)29)28(36)20-9-3-4-10-20/h5,7-8,15-16,20H,2-4,6,9-14,17H2,1H3,(H,30,35)/b8-5-,18-7+. The molecule has 1 saturated carbocycles. The number of fused-ring (bicyclic) bond motifs is 2. The highest BCUT2D eigenvalue weighted by atomic mass is 19.1. The molecule has 0 bridgehead atoms. The number of benzene rings is 1. The number of rotatable bonds is 6. The molecule has 36 heavy (non-hydrogen) atoms. The van der Waals surface area contributed by atoms with E-state index in [9.17, 15) is 14.0 Å². The third-order valence-electron chi connectivity index (χ3n) is 7.44. The first-order valence-electron chi connectivity index (χ1n) is 12.8. The van der Waals surface area contributed by atoms with Gasteiger partial charge in [-0.2, -0.15) is 0 Å². The summed E-state index contributed by atoms with van der Waals surface area (Å²) in [6.45, 7) is 7.78. The highest BCUT2D eigenvalue weighted by Gasteiger charge is 2.30. The number of amides is 2. The van der Waals surface area contributed by atoms with Crippen molar-refractivity contribution in [1.82, 2.24) is 25.0 Å². The van der Waals surface area contributed by atoms with Crippen LogP contribution in [0, 0.1) is 11.7 Å². The zero-order valence-electron chi connectivity index (χ0n) is 20.7. The van der Waals surface area contributed by atoms with Crippen LogP contribution in [0.2, 0.25) is 0 Å². The van der Waals surface area contributed by atoms with Crippen molar-refractivity contribution in [2.45, 2.75) is 65.0 Å². The molecule has 5 rings (SSSR count). The van der Waals surface area contributed by atoms with Crippen molar-refractivity contribution >= 4 is 17.4 Å². The van der Waals surface area contributed by atoms with Crippen LogP contribution in [0.15, 0.2) is 42.6 Å². The van der Waals surface area contributed by atoms with Crippen molar-refractivity contribution in [2.75, 3.05) is 6.54 Å². The minimum absolute atomic E-state index is 0.0378. The molecule has 0 spiro atoms. The van der Waals surface area contributed by atoms with Crippen LogP contribution in [-0.2, 0) is 30.7 Å². The lowest BCUT2D eigenvalue weighted by Crippen LogP contribution is -2.39. The van der Waals surface area contributed by atoms with Gasteiger partial charge >= 0.3 is 0 Å². The van der Waals surface area contributed by atoms with E-state index in [0.29, 0.717) is 25.2 Å². The second-order valence-electron chi connectivity index (χ2n) is 9.98. The maximum absolute atomic E-state index is 14.8. The van der Waals surface area contributed by atoms with Crippen LogP contribution in [0.1, 0.15) is 72.2 Å². The minimum Gasteiger partial charge on any atom is -0.338 e. The molecule has 3 aliphatic rings. The maximum Gasteiger partial charge on any atom is 0.258 e. The maximum atomic E-state index is 14.8. The molecule has 0 unspecified atom stereocenters. The fraction of sp³-hybridized carbons (Fsp3) is 0.429. The highest BCUT2D eigenvalue weighted by molar-refractivity contribution is 5.96. The van der Waals surface area contributed by atoms with Gasteiger partial charge in [0.25, 0.3) is 5.91 Å². The fourth-order valence-electron chi connectivity index (χ4n) is 5.45. The van der Waals surface area contributed by atoms with Crippen LogP contribution < -0.4 is 5.32 Å². The van der Waals surface area contributed by atoms with E-state index in [4.69, 9.17) is 0 Å². The van der Waals surface area contributed by atoms with E-state index < -0.39 is 11.7 Å². The SMILES string of the molecule is C=C(/C=C\C=C(/C)c1nnc2n1CCC2)NC(=O)c1cc2c(cc1F)CCN(C(=O)C1CCCC1)C2. The molecule has 3 heterocycles. The Morgan fingerprint density at radius 2 is 1.92 bits per heavy atom. The minimum atomic E-state index is -0.560. The lowest BCUT2D eigenvalue weighted by Gasteiger charge is -2.31. The Kier molecular flexibility index (Phi) is 6.85. The quantitative estimate of drug-likeness (QED) is 0.612. The number of halogens is 1. The Labute approximate surface area is 210 Å². The van der Waals surface area contributed by atoms with Crippen molar-refractivity contribution in [3.8, 4) is 0 Å². The molecule has 2 amide bonds. The molecule has 1 fully saturated rings. The van der Waals surface area contributed by atoms with Crippen molar-refractivity contribution in [3.05, 3.63) is 76.8 Å². The van der Waals surface area contributed by atoms with Crippen LogP contribution in [-0.4, -0.2) is 38.0 Å². The zero-order valence-corrected chi connectivity index (χ0v) is 20.7. The van der Waals surface area contributed by atoms with Crippen molar-refractivity contribution < 1.29 is 14.0 Å². The van der Waals surface area contributed by atoms with E-state index in [1.54, 1.807) is 18.2 Å². The Balaban J connectivity index is 1.23. The monoisotopic (exact) mass is 489 g/mol. The van der Waals surface area contributed by atoms with E-state index in [0.717, 1.165) is 73.4 Å². The van der Waals surface area contributed by atoms with Crippen LogP contribution >= 0.6 is 0 Å². The highest BCUT2D eigenvalue weighted by Crippen LogP contribution is 2.30. The fourth-order valence-corrected chi connectivity index (χ4v) is 5.45. The van der Waals surface area contributed by atoms with Crippen molar-refractivity contribution in [3.63, 3.8) is 0 Å². The van der Waals surface area contributed by atoms with E-state index in [1.807, 2.05) is 17.9 Å². The van der Waals surface area contributed by atoms with E-state index in [2.05, 4.69) is 26.7 Å². The van der Waals surface area contributed by atoms with Crippen LogP contribution in [0.25, 0.3) is 5.57 Å². The van der Waals surface area contributed by atoms with Gasteiger partial charge in [0, 0.05) is 37.7 Å². The summed E-state index contributed by atoms with van der Waals surface area (Å²) in [5.41, 5.74) is 2.97. The van der Waals surface area contributed by atoms with Gasteiger partial charge in [0.1, 0.15) is 11.6 Å². The van der Waals surface area contributed by atoms with Crippen molar-refractivity contribution in [1.29, 1.82) is 0 Å². The van der Waals surface area contributed by atoms with Gasteiger partial charge in [-0.1, -0.05) is 31.6 Å². The van der Waals surface area contributed by atoms with Gasteiger partial charge in [-0.15, -0.1) is 10.2 Å². The number of aromatic nitrogens is 3. The molecule has 8 heteroatoms. The van der Waals surface area contributed by atoms with Gasteiger partial charge in [-0.3, -0.25) is 9.59 Å². The first kappa shape index (κ1) is 24.2. The summed E-state index contributed by atoms with van der Waals surface area (Å²) in [6.07, 6.45) is 12.1. The van der Waals surface area contributed by atoms with Gasteiger partial charge in [-0.25, -0.2) is 4.39 Å². The number of carbonyl (C=O) groups is 2. The summed E-state index contributed by atoms with van der Waals surface area (Å²) in [4.78, 5) is 27.6. The van der Waals surface area contributed by atoms with E-state index in [1.165, 1.54) is 6.07 Å². The van der Waals surface area contributed by atoms with Crippen LogP contribution in [0.3, 0.4) is 0 Å². The summed E-state index contributed by atoms with van der Waals surface area (Å²) >= 11 is 0. The molecule has 2 aliphatic heterocycles. The summed E-state index contributed by atoms with van der Waals surface area (Å²) in [7, 11) is 0. The molecule has 2 aromatic rings. The Morgan fingerprint density at radius 3 is 2.72 bits per heavy atom. The molecule has 1 aromatic carbocycles. The second kappa shape index (κ2) is 10.2. The number of aryl methyl sites for hydroxylation is 1. The Bertz CT molecular complexity index is 1270. The molecular formula is C28H32FN5O2. The Morgan fingerprint density at radius 1 is 1.11 bits per heavy atom. The average Bonchev–Trinajstić information content (AvgIpc) is 3.61. The first-order valence-corrected chi connectivity index (χ1v) is 12.8. The molecule has 1 aliphatic carbocycles. The van der Waals surface area contributed by atoms with Gasteiger partial charge in [0.2, 0.25) is 5.91 Å². The van der Waals surface area contributed by atoms with E-state index in [-0.39, 0.29) is 17.4 Å². The van der Waals surface area contributed by atoms with Gasteiger partial charge in [-0.05, 0) is 67.5 Å². The van der Waals surface area contributed by atoms with Gasteiger partial charge in [0.05, 0.1) is 5.56 Å². The third kappa shape index (κ3) is 4.90. The van der Waals surface area contributed by atoms with Crippen LogP contribution in [0.4, 0.5) is 4.39 Å². The predicted molar refractivity (Wildman–Crippen MR) is 135 cm³/mol. The smallest absolute Gasteiger partial charge is 0.258 e. The van der Waals surface area contributed by atoms with Gasteiger partial charge in [0.15, 0.2) is 5.82 Å². The van der Waals surface area contributed by atoms with Crippen molar-refractivity contribution in [2.24, 2.45) is 5.92 Å². The lowest BCUT2D eigenvalue weighted by atomic mass is 9.95. The number of carbonyl (C=O) groups excluding carboxylic acids is 2. The third-order valence-corrected chi connectivity index (χ3v) is 7.44. The average molecular weight is 490 g/mol. The molecule has 0 saturated heterocycles.